The number of pyridine rings is 1. The summed E-state index contributed by atoms with van der Waals surface area (Å²) in [6.07, 6.45) is 1.48. The molecule has 0 aliphatic rings. The van der Waals surface area contributed by atoms with Crippen molar-refractivity contribution in [3.63, 3.8) is 0 Å². The van der Waals surface area contributed by atoms with Crippen LogP contribution in [0.15, 0.2) is 41.0 Å². The predicted octanol–water partition coefficient (Wildman–Crippen LogP) is 4.35. The lowest BCUT2D eigenvalue weighted by atomic mass is 10.2. The molecule has 0 saturated heterocycles. The Kier molecular flexibility index (Phi) is 5.08. The van der Waals surface area contributed by atoms with Crippen LogP contribution in [-0.2, 0) is 0 Å². The van der Waals surface area contributed by atoms with E-state index in [4.69, 9.17) is 11.6 Å². The minimum absolute atomic E-state index is 0.0341. The van der Waals surface area contributed by atoms with Crippen LogP contribution in [0.2, 0.25) is 5.02 Å². The number of carbonyl (C=O) groups excluding carboxylic acids is 1. The Bertz CT molecular complexity index is 670. The molecular formula is C13H8BrClF2N2O2. The van der Waals surface area contributed by atoms with Gasteiger partial charge in [-0.2, -0.15) is 8.78 Å². The minimum atomic E-state index is -2.97. The van der Waals surface area contributed by atoms with Gasteiger partial charge in [-0.3, -0.25) is 4.79 Å². The molecular weight excluding hydrogens is 370 g/mol. The summed E-state index contributed by atoms with van der Waals surface area (Å²) in [5.41, 5.74) is 0.533. The maximum absolute atomic E-state index is 12.1. The molecule has 1 aromatic heterocycles. The number of aromatic nitrogens is 1. The van der Waals surface area contributed by atoms with Gasteiger partial charge in [-0.05, 0) is 46.3 Å². The molecule has 0 fully saturated rings. The third-order valence-electron chi connectivity index (χ3n) is 2.38. The first kappa shape index (κ1) is 15.7. The standard InChI is InChI=1S/C13H8BrClF2N2O2/c14-8-2-1-5-18-11(8)12(20)19-7-3-4-10(9(15)6-7)21-13(16)17/h1-6,13H,(H,19,20). The van der Waals surface area contributed by atoms with Gasteiger partial charge in [0.25, 0.3) is 5.91 Å². The number of halogens is 4. The molecule has 110 valence electrons. The summed E-state index contributed by atoms with van der Waals surface area (Å²) in [7, 11) is 0. The fraction of sp³-hybridized carbons (Fsp3) is 0.0769. The van der Waals surface area contributed by atoms with E-state index in [1.165, 1.54) is 24.4 Å². The largest absolute Gasteiger partial charge is 0.433 e. The highest BCUT2D eigenvalue weighted by Gasteiger charge is 2.13. The molecule has 0 atom stereocenters. The van der Waals surface area contributed by atoms with Crippen LogP contribution >= 0.6 is 27.5 Å². The molecule has 0 aliphatic carbocycles. The van der Waals surface area contributed by atoms with E-state index < -0.39 is 12.5 Å². The van der Waals surface area contributed by atoms with E-state index in [-0.39, 0.29) is 16.5 Å². The normalized spacial score (nSPS) is 10.5. The van der Waals surface area contributed by atoms with Crippen molar-refractivity contribution in [1.29, 1.82) is 0 Å². The predicted molar refractivity (Wildman–Crippen MR) is 78.0 cm³/mol. The smallest absolute Gasteiger partial charge is 0.387 e. The van der Waals surface area contributed by atoms with Gasteiger partial charge in [-0.1, -0.05) is 11.6 Å². The van der Waals surface area contributed by atoms with E-state index in [1.54, 1.807) is 12.1 Å². The highest BCUT2D eigenvalue weighted by molar-refractivity contribution is 9.10. The number of amides is 1. The molecule has 1 heterocycles. The molecule has 0 bridgehead atoms. The van der Waals surface area contributed by atoms with Crippen LogP contribution in [0, 0.1) is 0 Å². The van der Waals surface area contributed by atoms with Crippen LogP contribution < -0.4 is 10.1 Å². The SMILES string of the molecule is O=C(Nc1ccc(OC(F)F)c(Cl)c1)c1ncccc1Br. The number of nitrogens with zero attached hydrogens (tertiary/aromatic N) is 1. The van der Waals surface area contributed by atoms with Gasteiger partial charge in [0.05, 0.1) is 5.02 Å². The summed E-state index contributed by atoms with van der Waals surface area (Å²) >= 11 is 9.01. The molecule has 0 spiro atoms. The quantitative estimate of drug-likeness (QED) is 0.862. The molecule has 8 heteroatoms. The van der Waals surface area contributed by atoms with Crippen molar-refractivity contribution in [2.75, 3.05) is 5.32 Å². The monoisotopic (exact) mass is 376 g/mol. The molecule has 1 aromatic carbocycles. The second-order valence-electron chi connectivity index (χ2n) is 3.81. The van der Waals surface area contributed by atoms with Crippen molar-refractivity contribution in [3.05, 3.63) is 51.7 Å². The Balaban J connectivity index is 2.15. The molecule has 1 amide bonds. The van der Waals surface area contributed by atoms with E-state index in [0.717, 1.165) is 0 Å². The maximum Gasteiger partial charge on any atom is 0.387 e. The zero-order chi connectivity index (χ0) is 15.4. The first-order valence-electron chi connectivity index (χ1n) is 5.63. The first-order valence-corrected chi connectivity index (χ1v) is 6.80. The molecule has 2 aromatic rings. The number of nitrogens with one attached hydrogen (secondary N) is 1. The van der Waals surface area contributed by atoms with E-state index in [9.17, 15) is 13.6 Å². The topological polar surface area (TPSA) is 51.2 Å². The van der Waals surface area contributed by atoms with Gasteiger partial charge >= 0.3 is 6.61 Å². The average Bonchev–Trinajstić information content (AvgIpc) is 2.42. The Hall–Kier alpha value is -1.73. The molecule has 2 rings (SSSR count). The van der Waals surface area contributed by atoms with Crippen molar-refractivity contribution >= 4 is 39.1 Å². The Morgan fingerprint density at radius 1 is 1.38 bits per heavy atom. The Morgan fingerprint density at radius 2 is 2.14 bits per heavy atom. The van der Waals surface area contributed by atoms with Gasteiger partial charge in [-0.15, -0.1) is 0 Å². The number of anilines is 1. The van der Waals surface area contributed by atoms with Crippen molar-refractivity contribution < 1.29 is 18.3 Å². The summed E-state index contributed by atoms with van der Waals surface area (Å²) in [6, 6.07) is 7.31. The number of benzene rings is 1. The summed E-state index contributed by atoms with van der Waals surface area (Å²) < 4.78 is 29.0. The molecule has 1 N–H and O–H groups in total. The van der Waals surface area contributed by atoms with Gasteiger partial charge < -0.3 is 10.1 Å². The van der Waals surface area contributed by atoms with Crippen LogP contribution in [0.25, 0.3) is 0 Å². The lowest BCUT2D eigenvalue weighted by Gasteiger charge is -2.09. The molecule has 0 radical (unpaired) electrons. The van der Waals surface area contributed by atoms with E-state index in [0.29, 0.717) is 10.2 Å². The number of alkyl halides is 2. The zero-order valence-corrected chi connectivity index (χ0v) is 12.7. The van der Waals surface area contributed by atoms with E-state index in [2.05, 4.69) is 31.0 Å². The van der Waals surface area contributed by atoms with Gasteiger partial charge in [0, 0.05) is 16.4 Å². The van der Waals surface area contributed by atoms with E-state index in [1.807, 2.05) is 0 Å². The van der Waals surface area contributed by atoms with Crippen LogP contribution in [0.3, 0.4) is 0 Å². The highest BCUT2D eigenvalue weighted by atomic mass is 79.9. The van der Waals surface area contributed by atoms with Crippen LogP contribution in [0.4, 0.5) is 14.5 Å². The van der Waals surface area contributed by atoms with Gasteiger partial charge in [0.15, 0.2) is 0 Å². The van der Waals surface area contributed by atoms with Crippen molar-refractivity contribution in [1.82, 2.24) is 4.98 Å². The molecule has 21 heavy (non-hydrogen) atoms. The summed E-state index contributed by atoms with van der Waals surface area (Å²) in [6.45, 7) is -2.97. The summed E-state index contributed by atoms with van der Waals surface area (Å²) in [5, 5.41) is 2.53. The maximum atomic E-state index is 12.1. The number of ether oxygens (including phenoxy) is 1. The number of carbonyl (C=O) groups is 1. The lowest BCUT2D eigenvalue weighted by molar-refractivity contribution is -0.0497. The Labute approximate surface area is 132 Å². The third-order valence-corrected chi connectivity index (χ3v) is 3.31. The third kappa shape index (κ3) is 4.12. The summed E-state index contributed by atoms with van der Waals surface area (Å²) in [4.78, 5) is 15.9. The van der Waals surface area contributed by atoms with Crippen molar-refractivity contribution in [3.8, 4) is 5.75 Å². The first-order chi connectivity index (χ1) is 9.97. The van der Waals surface area contributed by atoms with Crippen LogP contribution in [0.5, 0.6) is 5.75 Å². The van der Waals surface area contributed by atoms with Gasteiger partial charge in [-0.25, -0.2) is 4.98 Å². The molecule has 0 aliphatic heterocycles. The van der Waals surface area contributed by atoms with Crippen molar-refractivity contribution in [2.45, 2.75) is 6.61 Å². The number of rotatable bonds is 4. The van der Waals surface area contributed by atoms with Gasteiger partial charge in [0.2, 0.25) is 0 Å². The Morgan fingerprint density at radius 3 is 2.76 bits per heavy atom. The fourth-order valence-electron chi connectivity index (χ4n) is 1.51. The lowest BCUT2D eigenvalue weighted by Crippen LogP contribution is -2.14. The summed E-state index contributed by atoms with van der Waals surface area (Å²) in [5.74, 6) is -0.621. The molecule has 0 saturated carbocycles. The minimum Gasteiger partial charge on any atom is -0.433 e. The second-order valence-corrected chi connectivity index (χ2v) is 5.07. The molecule has 0 unspecified atom stereocenters. The average molecular weight is 378 g/mol. The van der Waals surface area contributed by atoms with Crippen molar-refractivity contribution in [2.24, 2.45) is 0 Å². The fourth-order valence-corrected chi connectivity index (χ4v) is 2.17. The van der Waals surface area contributed by atoms with Crippen LogP contribution in [0.1, 0.15) is 10.5 Å². The highest BCUT2D eigenvalue weighted by Crippen LogP contribution is 2.29. The molecule has 4 nitrogen and oxygen atoms in total. The zero-order valence-electron chi connectivity index (χ0n) is 10.3. The second kappa shape index (κ2) is 6.82. The van der Waals surface area contributed by atoms with Crippen LogP contribution in [-0.4, -0.2) is 17.5 Å². The van der Waals surface area contributed by atoms with Gasteiger partial charge in [0.1, 0.15) is 11.4 Å². The number of hydrogen-bond donors (Lipinski definition) is 1. The van der Waals surface area contributed by atoms with E-state index >= 15 is 0 Å². The number of hydrogen-bond acceptors (Lipinski definition) is 3.